The first kappa shape index (κ1) is 13.1. The zero-order valence-corrected chi connectivity index (χ0v) is 9.72. The van der Waals surface area contributed by atoms with Crippen LogP contribution in [0.25, 0.3) is 0 Å². The molecule has 0 bridgehead atoms. The van der Waals surface area contributed by atoms with Crippen LogP contribution in [-0.2, 0) is 4.79 Å². The number of hydrogen-bond donors (Lipinski definition) is 1. The number of carbonyl (C=O) groups excluding carboxylic acids is 1. The number of likely N-dealkylation sites (N-methyl/N-ethyl adjacent to an activating group) is 1. The number of carbonyl (C=O) groups is 1. The van der Waals surface area contributed by atoms with Gasteiger partial charge in [-0.1, -0.05) is 6.08 Å². The molecule has 92 valence electrons. The highest BCUT2D eigenvalue weighted by molar-refractivity contribution is 5.93. The van der Waals surface area contributed by atoms with Gasteiger partial charge in [-0.15, -0.1) is 0 Å². The molecule has 1 rings (SSSR count). The molecule has 0 spiro atoms. The Morgan fingerprint density at radius 3 is 2.69 bits per heavy atom. The highest BCUT2D eigenvalue weighted by Crippen LogP contribution is 2.27. The fourth-order valence-corrected chi connectivity index (χ4v) is 1.75. The van der Waals surface area contributed by atoms with Crippen molar-refractivity contribution in [3.05, 3.63) is 11.6 Å². The summed E-state index contributed by atoms with van der Waals surface area (Å²) < 4.78 is 25.9. The maximum absolute atomic E-state index is 12.9. The second-order valence-corrected chi connectivity index (χ2v) is 3.99. The molecule has 1 amide bonds. The van der Waals surface area contributed by atoms with Crippen molar-refractivity contribution in [1.29, 1.82) is 0 Å². The van der Waals surface area contributed by atoms with Crippen molar-refractivity contribution >= 4 is 5.91 Å². The average molecular weight is 232 g/mol. The van der Waals surface area contributed by atoms with Crippen LogP contribution >= 0.6 is 0 Å². The van der Waals surface area contributed by atoms with E-state index in [2.05, 4.69) is 5.32 Å². The number of halogens is 2. The summed E-state index contributed by atoms with van der Waals surface area (Å²) in [6, 6.07) is 0. The maximum Gasteiger partial charge on any atom is 0.261 e. The van der Waals surface area contributed by atoms with Crippen molar-refractivity contribution in [2.75, 3.05) is 26.2 Å². The van der Waals surface area contributed by atoms with Crippen molar-refractivity contribution in [1.82, 2.24) is 10.2 Å². The minimum atomic E-state index is -2.60. The van der Waals surface area contributed by atoms with E-state index in [-0.39, 0.29) is 18.9 Å². The molecular weight excluding hydrogens is 214 g/mol. The molecule has 3 nitrogen and oxygen atoms in total. The van der Waals surface area contributed by atoms with Crippen LogP contribution in [0.3, 0.4) is 0 Å². The van der Waals surface area contributed by atoms with Gasteiger partial charge in [0.2, 0.25) is 5.91 Å². The SMILES string of the molecule is C/C=C(\CN1CCC(F)(F)C1)C(=O)NCC. The Kier molecular flexibility index (Phi) is 4.41. The molecule has 1 N–H and O–H groups in total. The summed E-state index contributed by atoms with van der Waals surface area (Å²) in [6.45, 7) is 4.53. The minimum absolute atomic E-state index is 0.112. The first-order valence-electron chi connectivity index (χ1n) is 5.52. The van der Waals surface area contributed by atoms with Gasteiger partial charge in [-0.05, 0) is 13.8 Å². The first-order chi connectivity index (χ1) is 7.48. The fourth-order valence-electron chi connectivity index (χ4n) is 1.75. The van der Waals surface area contributed by atoms with Gasteiger partial charge < -0.3 is 5.32 Å². The highest BCUT2D eigenvalue weighted by atomic mass is 19.3. The zero-order chi connectivity index (χ0) is 12.2. The van der Waals surface area contributed by atoms with E-state index < -0.39 is 5.92 Å². The smallest absolute Gasteiger partial charge is 0.261 e. The summed E-state index contributed by atoms with van der Waals surface area (Å²) in [7, 11) is 0. The van der Waals surface area contributed by atoms with E-state index >= 15 is 0 Å². The number of hydrogen-bond acceptors (Lipinski definition) is 2. The Balaban J connectivity index is 2.50. The number of amides is 1. The lowest BCUT2D eigenvalue weighted by molar-refractivity contribution is -0.117. The van der Waals surface area contributed by atoms with E-state index in [1.54, 1.807) is 17.9 Å². The lowest BCUT2D eigenvalue weighted by atomic mass is 10.2. The van der Waals surface area contributed by atoms with Crippen molar-refractivity contribution in [3.63, 3.8) is 0 Å². The third kappa shape index (κ3) is 3.56. The van der Waals surface area contributed by atoms with Gasteiger partial charge in [0.05, 0.1) is 6.54 Å². The van der Waals surface area contributed by atoms with Crippen LogP contribution < -0.4 is 5.32 Å². The number of nitrogens with one attached hydrogen (secondary N) is 1. The van der Waals surface area contributed by atoms with Gasteiger partial charge in [0.15, 0.2) is 0 Å². The molecule has 0 aromatic carbocycles. The molecule has 5 heteroatoms. The van der Waals surface area contributed by atoms with E-state index in [0.29, 0.717) is 25.2 Å². The Labute approximate surface area is 94.5 Å². The summed E-state index contributed by atoms with van der Waals surface area (Å²) in [5.41, 5.74) is 0.555. The van der Waals surface area contributed by atoms with Gasteiger partial charge in [-0.2, -0.15) is 0 Å². The highest BCUT2D eigenvalue weighted by Gasteiger charge is 2.38. The molecule has 0 aromatic heterocycles. The molecule has 0 radical (unpaired) electrons. The Hall–Kier alpha value is -0.970. The zero-order valence-electron chi connectivity index (χ0n) is 9.72. The van der Waals surface area contributed by atoms with Gasteiger partial charge in [-0.25, -0.2) is 8.78 Å². The Bertz CT molecular complexity index is 290. The topological polar surface area (TPSA) is 32.3 Å². The van der Waals surface area contributed by atoms with Crippen molar-refractivity contribution in [2.24, 2.45) is 0 Å². The summed E-state index contributed by atoms with van der Waals surface area (Å²) in [5, 5.41) is 2.67. The van der Waals surface area contributed by atoms with Crippen molar-refractivity contribution in [2.45, 2.75) is 26.2 Å². The lowest BCUT2D eigenvalue weighted by Gasteiger charge is -2.17. The van der Waals surface area contributed by atoms with Crippen LogP contribution in [0, 0.1) is 0 Å². The van der Waals surface area contributed by atoms with Crippen LogP contribution in [-0.4, -0.2) is 42.9 Å². The summed E-state index contributed by atoms with van der Waals surface area (Å²) >= 11 is 0. The molecule has 0 unspecified atom stereocenters. The quantitative estimate of drug-likeness (QED) is 0.743. The first-order valence-corrected chi connectivity index (χ1v) is 5.52. The molecule has 16 heavy (non-hydrogen) atoms. The van der Waals surface area contributed by atoms with E-state index in [1.165, 1.54) is 0 Å². The normalized spacial score (nSPS) is 21.1. The number of nitrogens with zero attached hydrogens (tertiary/aromatic N) is 1. The van der Waals surface area contributed by atoms with Crippen LogP contribution in [0.1, 0.15) is 20.3 Å². The van der Waals surface area contributed by atoms with Crippen molar-refractivity contribution in [3.8, 4) is 0 Å². The van der Waals surface area contributed by atoms with Crippen LogP contribution in [0.4, 0.5) is 8.78 Å². The standard InChI is InChI=1S/C11H18F2N2O/c1-3-9(10(16)14-4-2)7-15-6-5-11(12,13)8-15/h3H,4-8H2,1-2H3,(H,14,16)/b9-3+. The van der Waals surface area contributed by atoms with Gasteiger partial charge in [0, 0.05) is 31.6 Å². The third-order valence-electron chi connectivity index (χ3n) is 2.62. The predicted octanol–water partition coefficient (Wildman–Crippen LogP) is 1.41. The van der Waals surface area contributed by atoms with Crippen LogP contribution in [0.2, 0.25) is 0 Å². The lowest BCUT2D eigenvalue weighted by Crippen LogP contribution is -2.33. The monoisotopic (exact) mass is 232 g/mol. The number of alkyl halides is 2. The average Bonchev–Trinajstić information content (AvgIpc) is 2.55. The van der Waals surface area contributed by atoms with Crippen molar-refractivity contribution < 1.29 is 13.6 Å². The van der Waals surface area contributed by atoms with E-state index in [4.69, 9.17) is 0 Å². The second-order valence-electron chi connectivity index (χ2n) is 3.99. The molecule has 0 atom stereocenters. The van der Waals surface area contributed by atoms with Gasteiger partial charge in [-0.3, -0.25) is 9.69 Å². The number of allylic oxidation sites excluding steroid dienone is 1. The summed E-state index contributed by atoms with van der Waals surface area (Å²) in [4.78, 5) is 13.1. The minimum Gasteiger partial charge on any atom is -0.353 e. The summed E-state index contributed by atoms with van der Waals surface area (Å²) in [6.07, 6.45) is 1.57. The van der Waals surface area contributed by atoms with E-state index in [9.17, 15) is 13.6 Å². The van der Waals surface area contributed by atoms with Gasteiger partial charge >= 0.3 is 0 Å². The van der Waals surface area contributed by atoms with Crippen LogP contribution in [0.5, 0.6) is 0 Å². The molecular formula is C11H18F2N2O. The molecule has 0 aromatic rings. The third-order valence-corrected chi connectivity index (χ3v) is 2.62. The number of likely N-dealkylation sites (tertiary alicyclic amines) is 1. The fraction of sp³-hybridized carbons (Fsp3) is 0.727. The molecule has 1 heterocycles. The van der Waals surface area contributed by atoms with Gasteiger partial charge in [0.1, 0.15) is 0 Å². The van der Waals surface area contributed by atoms with E-state index in [0.717, 1.165) is 0 Å². The second kappa shape index (κ2) is 5.39. The summed E-state index contributed by atoms with van der Waals surface area (Å²) in [5.74, 6) is -2.76. The molecule has 1 aliphatic rings. The maximum atomic E-state index is 12.9. The van der Waals surface area contributed by atoms with E-state index in [1.807, 2.05) is 6.92 Å². The number of rotatable bonds is 4. The molecule has 0 aliphatic carbocycles. The van der Waals surface area contributed by atoms with Crippen LogP contribution in [0.15, 0.2) is 11.6 Å². The molecule has 1 fully saturated rings. The predicted molar refractivity (Wildman–Crippen MR) is 58.4 cm³/mol. The Morgan fingerprint density at radius 2 is 2.25 bits per heavy atom. The molecule has 1 saturated heterocycles. The Morgan fingerprint density at radius 1 is 1.56 bits per heavy atom. The molecule has 0 saturated carbocycles. The van der Waals surface area contributed by atoms with Gasteiger partial charge in [0.25, 0.3) is 5.92 Å². The largest absolute Gasteiger partial charge is 0.353 e. The molecule has 1 aliphatic heterocycles.